The van der Waals surface area contributed by atoms with Crippen molar-refractivity contribution in [1.82, 2.24) is 0 Å². The van der Waals surface area contributed by atoms with E-state index in [-0.39, 0.29) is 6.42 Å². The molecule has 15 heavy (non-hydrogen) atoms. The molecule has 0 aromatic heterocycles. The molecule has 0 aliphatic rings. The van der Waals surface area contributed by atoms with Crippen LogP contribution in [0, 0.1) is 11.3 Å². The molecule has 0 unspecified atom stereocenters. The predicted molar refractivity (Wildman–Crippen MR) is 56.9 cm³/mol. The van der Waals surface area contributed by atoms with Gasteiger partial charge in [-0.3, -0.25) is 4.79 Å². The lowest BCUT2D eigenvalue weighted by atomic mass is 10.0. The van der Waals surface area contributed by atoms with E-state index < -0.39 is 5.97 Å². The number of nitriles is 1. The fourth-order valence-electron chi connectivity index (χ4n) is 1.35. The van der Waals surface area contributed by atoms with Crippen molar-refractivity contribution in [2.45, 2.75) is 19.8 Å². The number of carboxylic acid groups (broad SMARTS) is 1. The maximum Gasteiger partial charge on any atom is 0.307 e. The molecule has 0 bridgehead atoms. The molecule has 1 rings (SSSR count). The lowest BCUT2D eigenvalue weighted by Crippen LogP contribution is -2.03. The van der Waals surface area contributed by atoms with Gasteiger partial charge in [0.1, 0.15) is 0 Å². The summed E-state index contributed by atoms with van der Waals surface area (Å²) in [6.07, 6.45) is 0.574. The quantitative estimate of drug-likeness (QED) is 0.856. The highest BCUT2D eigenvalue weighted by molar-refractivity contribution is 6.31. The first-order valence-electron chi connectivity index (χ1n) is 4.51. The number of hydrogen-bond acceptors (Lipinski definition) is 2. The predicted octanol–water partition coefficient (Wildman–Crippen LogP) is 2.40. The number of hydrogen-bond donors (Lipinski definition) is 1. The van der Waals surface area contributed by atoms with Crippen molar-refractivity contribution >= 4 is 17.6 Å². The zero-order valence-electron chi connectivity index (χ0n) is 8.25. The average molecular weight is 224 g/mol. The molecule has 0 spiro atoms. The third-order valence-electron chi connectivity index (χ3n) is 2.12. The summed E-state index contributed by atoms with van der Waals surface area (Å²) >= 11 is 5.92. The molecule has 1 aromatic rings. The van der Waals surface area contributed by atoms with Crippen LogP contribution in [0.1, 0.15) is 23.6 Å². The Morgan fingerprint density at radius 3 is 2.67 bits per heavy atom. The minimum atomic E-state index is -0.948. The Kier molecular flexibility index (Phi) is 3.70. The standard InChI is InChI=1S/C11H10ClNO2/c1-2-7-3-8(5-11(14)15)9(6-13)4-10(7)12/h3-4H,2,5H2,1H3,(H,14,15). The second kappa shape index (κ2) is 4.81. The van der Waals surface area contributed by atoms with Gasteiger partial charge >= 0.3 is 5.97 Å². The van der Waals surface area contributed by atoms with E-state index in [0.29, 0.717) is 16.1 Å². The van der Waals surface area contributed by atoms with E-state index in [2.05, 4.69) is 0 Å². The van der Waals surface area contributed by atoms with Gasteiger partial charge in [0.25, 0.3) is 0 Å². The van der Waals surface area contributed by atoms with Crippen LogP contribution in [0.15, 0.2) is 12.1 Å². The van der Waals surface area contributed by atoms with Crippen molar-refractivity contribution in [1.29, 1.82) is 5.26 Å². The summed E-state index contributed by atoms with van der Waals surface area (Å²) in [6, 6.07) is 5.16. The zero-order chi connectivity index (χ0) is 11.4. The van der Waals surface area contributed by atoms with Crippen molar-refractivity contribution in [3.8, 4) is 6.07 Å². The smallest absolute Gasteiger partial charge is 0.307 e. The Labute approximate surface area is 92.9 Å². The van der Waals surface area contributed by atoms with Crippen LogP contribution < -0.4 is 0 Å². The number of aryl methyl sites for hydroxylation is 1. The third-order valence-corrected chi connectivity index (χ3v) is 2.47. The number of benzene rings is 1. The summed E-state index contributed by atoms with van der Waals surface area (Å²) in [4.78, 5) is 10.6. The molecule has 0 fully saturated rings. The minimum absolute atomic E-state index is 0.146. The van der Waals surface area contributed by atoms with E-state index in [1.165, 1.54) is 6.07 Å². The van der Waals surface area contributed by atoms with E-state index in [1.807, 2.05) is 13.0 Å². The van der Waals surface area contributed by atoms with Gasteiger partial charge in [0.15, 0.2) is 0 Å². The molecule has 0 saturated heterocycles. The molecule has 0 radical (unpaired) electrons. The van der Waals surface area contributed by atoms with Gasteiger partial charge in [0, 0.05) is 5.02 Å². The summed E-state index contributed by atoms with van der Waals surface area (Å²) in [7, 11) is 0. The van der Waals surface area contributed by atoms with E-state index in [9.17, 15) is 4.79 Å². The van der Waals surface area contributed by atoms with Crippen LogP contribution in [-0.2, 0) is 17.6 Å². The van der Waals surface area contributed by atoms with Crippen LogP contribution in [0.25, 0.3) is 0 Å². The number of rotatable bonds is 3. The highest BCUT2D eigenvalue weighted by Gasteiger charge is 2.10. The van der Waals surface area contributed by atoms with Crippen LogP contribution in [0.2, 0.25) is 5.02 Å². The van der Waals surface area contributed by atoms with Gasteiger partial charge in [-0.05, 0) is 23.6 Å². The first kappa shape index (κ1) is 11.5. The van der Waals surface area contributed by atoms with Crippen molar-refractivity contribution in [3.63, 3.8) is 0 Å². The molecular formula is C11H10ClNO2. The molecule has 0 aliphatic carbocycles. The van der Waals surface area contributed by atoms with Gasteiger partial charge < -0.3 is 5.11 Å². The SMILES string of the molecule is CCc1cc(CC(=O)O)c(C#N)cc1Cl. The lowest BCUT2D eigenvalue weighted by Gasteiger charge is -2.06. The Morgan fingerprint density at radius 1 is 1.53 bits per heavy atom. The second-order valence-electron chi connectivity index (χ2n) is 3.14. The van der Waals surface area contributed by atoms with Crippen LogP contribution in [0.5, 0.6) is 0 Å². The molecule has 78 valence electrons. The Morgan fingerprint density at radius 2 is 2.20 bits per heavy atom. The maximum absolute atomic E-state index is 10.6. The number of aliphatic carboxylic acids is 1. The van der Waals surface area contributed by atoms with Crippen molar-refractivity contribution in [2.75, 3.05) is 0 Å². The third kappa shape index (κ3) is 2.71. The average Bonchev–Trinajstić information content (AvgIpc) is 2.19. The van der Waals surface area contributed by atoms with E-state index in [1.54, 1.807) is 6.07 Å². The monoisotopic (exact) mass is 223 g/mol. The minimum Gasteiger partial charge on any atom is -0.481 e. The molecule has 1 aromatic carbocycles. The van der Waals surface area contributed by atoms with Gasteiger partial charge in [0.2, 0.25) is 0 Å². The Bertz CT molecular complexity index is 435. The van der Waals surface area contributed by atoms with Gasteiger partial charge in [0.05, 0.1) is 18.1 Å². The van der Waals surface area contributed by atoms with Crippen molar-refractivity contribution in [2.24, 2.45) is 0 Å². The summed E-state index contributed by atoms with van der Waals surface area (Å²) in [6.45, 7) is 1.93. The summed E-state index contributed by atoms with van der Waals surface area (Å²) < 4.78 is 0. The topological polar surface area (TPSA) is 61.1 Å². The molecule has 0 aliphatic heterocycles. The largest absolute Gasteiger partial charge is 0.481 e. The number of carbonyl (C=O) groups is 1. The summed E-state index contributed by atoms with van der Waals surface area (Å²) in [5.41, 5.74) is 1.72. The van der Waals surface area contributed by atoms with Crippen LogP contribution in [0.4, 0.5) is 0 Å². The Balaban J connectivity index is 3.24. The van der Waals surface area contributed by atoms with Crippen LogP contribution >= 0.6 is 11.6 Å². The lowest BCUT2D eigenvalue weighted by molar-refractivity contribution is -0.136. The van der Waals surface area contributed by atoms with Crippen molar-refractivity contribution in [3.05, 3.63) is 33.8 Å². The Hall–Kier alpha value is -1.53. The van der Waals surface area contributed by atoms with E-state index in [4.69, 9.17) is 22.0 Å². The molecule has 0 amide bonds. The molecule has 0 atom stereocenters. The highest BCUT2D eigenvalue weighted by Crippen LogP contribution is 2.22. The normalized spacial score (nSPS) is 9.67. The number of nitrogens with zero attached hydrogens (tertiary/aromatic N) is 1. The molecule has 3 nitrogen and oxygen atoms in total. The first-order chi connectivity index (χ1) is 7.08. The molecular weight excluding hydrogens is 214 g/mol. The fourth-order valence-corrected chi connectivity index (χ4v) is 1.65. The summed E-state index contributed by atoms with van der Waals surface area (Å²) in [5.74, 6) is -0.948. The van der Waals surface area contributed by atoms with E-state index in [0.717, 1.165) is 12.0 Å². The van der Waals surface area contributed by atoms with Gasteiger partial charge in [-0.15, -0.1) is 0 Å². The first-order valence-corrected chi connectivity index (χ1v) is 4.89. The maximum atomic E-state index is 10.6. The second-order valence-corrected chi connectivity index (χ2v) is 3.54. The van der Waals surface area contributed by atoms with Gasteiger partial charge in [-0.1, -0.05) is 24.6 Å². The number of halogens is 1. The fraction of sp³-hybridized carbons (Fsp3) is 0.273. The van der Waals surface area contributed by atoms with Gasteiger partial charge in [-0.25, -0.2) is 0 Å². The molecule has 0 heterocycles. The van der Waals surface area contributed by atoms with Crippen molar-refractivity contribution < 1.29 is 9.90 Å². The molecule has 1 N–H and O–H groups in total. The summed E-state index contributed by atoms with van der Waals surface area (Å²) in [5, 5.41) is 18.0. The molecule has 4 heteroatoms. The van der Waals surface area contributed by atoms with E-state index >= 15 is 0 Å². The number of carboxylic acids is 1. The zero-order valence-corrected chi connectivity index (χ0v) is 9.01. The molecule has 0 saturated carbocycles. The van der Waals surface area contributed by atoms with Crippen LogP contribution in [-0.4, -0.2) is 11.1 Å². The highest BCUT2D eigenvalue weighted by atomic mass is 35.5. The van der Waals surface area contributed by atoms with Crippen LogP contribution in [0.3, 0.4) is 0 Å². The van der Waals surface area contributed by atoms with Gasteiger partial charge in [-0.2, -0.15) is 5.26 Å².